The SMILES string of the molecule is CCCC(CCOC(=O)c1ccccc1S(=O)(=O)O)c1ccccc1. The van der Waals surface area contributed by atoms with Gasteiger partial charge in [-0.1, -0.05) is 55.8 Å². The fraction of sp³-hybridized carbons (Fsp3) is 0.316. The number of benzene rings is 2. The number of carbonyl (C=O) groups excluding carboxylic acids is 1. The maximum atomic E-state index is 12.2. The first kappa shape index (κ1) is 19.1. The molecule has 0 fully saturated rings. The van der Waals surface area contributed by atoms with Crippen LogP contribution in [0.5, 0.6) is 0 Å². The number of rotatable bonds is 8. The lowest BCUT2D eigenvalue weighted by Gasteiger charge is -2.17. The quantitative estimate of drug-likeness (QED) is 0.566. The Labute approximate surface area is 148 Å². The third-order valence-corrected chi connectivity index (χ3v) is 4.90. The number of esters is 1. The van der Waals surface area contributed by atoms with Gasteiger partial charge in [0.1, 0.15) is 4.90 Å². The Kier molecular flexibility index (Phi) is 6.73. The zero-order valence-electron chi connectivity index (χ0n) is 14.1. The van der Waals surface area contributed by atoms with Gasteiger partial charge in [-0.2, -0.15) is 8.42 Å². The van der Waals surface area contributed by atoms with Crippen LogP contribution < -0.4 is 0 Å². The normalized spacial score (nSPS) is 12.6. The third-order valence-electron chi connectivity index (χ3n) is 3.99. The van der Waals surface area contributed by atoms with Crippen LogP contribution in [0.25, 0.3) is 0 Å². The van der Waals surface area contributed by atoms with E-state index in [1.165, 1.54) is 29.8 Å². The Morgan fingerprint density at radius 3 is 2.32 bits per heavy atom. The third kappa shape index (κ3) is 5.41. The molecule has 2 rings (SSSR count). The molecular formula is C19H22O5S. The van der Waals surface area contributed by atoms with Gasteiger partial charge in [-0.25, -0.2) is 4.79 Å². The molecule has 5 nitrogen and oxygen atoms in total. The standard InChI is InChI=1S/C19H22O5S/c1-2-8-15(16-9-4-3-5-10-16)13-14-24-19(20)17-11-6-7-12-18(17)25(21,22)23/h3-7,9-12,15H,2,8,13-14H2,1H3,(H,21,22,23). The molecule has 0 saturated heterocycles. The number of ether oxygens (including phenoxy) is 1. The minimum atomic E-state index is -4.47. The summed E-state index contributed by atoms with van der Waals surface area (Å²) in [6, 6.07) is 15.5. The average molecular weight is 362 g/mol. The molecule has 25 heavy (non-hydrogen) atoms. The van der Waals surface area contributed by atoms with Gasteiger partial charge in [0, 0.05) is 0 Å². The highest BCUT2D eigenvalue weighted by Gasteiger charge is 2.21. The van der Waals surface area contributed by atoms with Gasteiger partial charge in [-0.05, 0) is 36.5 Å². The second-order valence-electron chi connectivity index (χ2n) is 5.79. The fourth-order valence-electron chi connectivity index (χ4n) is 2.78. The second kappa shape index (κ2) is 8.78. The van der Waals surface area contributed by atoms with E-state index in [0.29, 0.717) is 6.42 Å². The predicted octanol–water partition coefficient (Wildman–Crippen LogP) is 4.06. The summed E-state index contributed by atoms with van der Waals surface area (Å²) in [6.45, 7) is 2.28. The van der Waals surface area contributed by atoms with E-state index in [4.69, 9.17) is 4.74 Å². The summed E-state index contributed by atoms with van der Waals surface area (Å²) in [5, 5.41) is 0. The summed E-state index contributed by atoms with van der Waals surface area (Å²) < 4.78 is 37.2. The molecule has 1 unspecified atom stereocenters. The molecule has 134 valence electrons. The van der Waals surface area contributed by atoms with E-state index in [-0.39, 0.29) is 18.1 Å². The van der Waals surface area contributed by atoms with E-state index in [1.807, 2.05) is 18.2 Å². The Balaban J connectivity index is 2.03. The van der Waals surface area contributed by atoms with Crippen molar-refractivity contribution in [3.05, 3.63) is 65.7 Å². The van der Waals surface area contributed by atoms with Crippen molar-refractivity contribution in [1.29, 1.82) is 0 Å². The van der Waals surface area contributed by atoms with Crippen LogP contribution in [0.3, 0.4) is 0 Å². The molecule has 6 heteroatoms. The molecule has 1 N–H and O–H groups in total. The van der Waals surface area contributed by atoms with E-state index in [1.54, 1.807) is 0 Å². The van der Waals surface area contributed by atoms with Gasteiger partial charge < -0.3 is 4.74 Å². The van der Waals surface area contributed by atoms with Crippen molar-refractivity contribution in [3.63, 3.8) is 0 Å². The van der Waals surface area contributed by atoms with E-state index in [0.717, 1.165) is 12.8 Å². The van der Waals surface area contributed by atoms with Crippen LogP contribution in [0.1, 0.15) is 48.0 Å². The molecule has 0 aromatic heterocycles. The Morgan fingerprint density at radius 1 is 1.04 bits per heavy atom. The molecular weight excluding hydrogens is 340 g/mol. The van der Waals surface area contributed by atoms with Crippen molar-refractivity contribution in [3.8, 4) is 0 Å². The molecule has 0 bridgehead atoms. The molecule has 0 heterocycles. The van der Waals surface area contributed by atoms with Gasteiger partial charge in [-0.3, -0.25) is 4.55 Å². The van der Waals surface area contributed by atoms with E-state index >= 15 is 0 Å². The van der Waals surface area contributed by atoms with Crippen molar-refractivity contribution in [2.24, 2.45) is 0 Å². The summed E-state index contributed by atoms with van der Waals surface area (Å²) in [5.74, 6) is -0.479. The lowest BCUT2D eigenvalue weighted by molar-refractivity contribution is 0.0487. The topological polar surface area (TPSA) is 80.7 Å². The second-order valence-corrected chi connectivity index (χ2v) is 7.18. The summed E-state index contributed by atoms with van der Waals surface area (Å²) in [5.41, 5.74) is 1.04. The molecule has 2 aromatic rings. The minimum absolute atomic E-state index is 0.156. The molecule has 2 aromatic carbocycles. The van der Waals surface area contributed by atoms with Gasteiger partial charge in [0.05, 0.1) is 12.2 Å². The molecule has 0 aliphatic rings. The molecule has 0 saturated carbocycles. The van der Waals surface area contributed by atoms with Gasteiger partial charge in [-0.15, -0.1) is 0 Å². The number of carbonyl (C=O) groups is 1. The maximum absolute atomic E-state index is 12.2. The highest BCUT2D eigenvalue weighted by molar-refractivity contribution is 7.86. The minimum Gasteiger partial charge on any atom is -0.462 e. The van der Waals surface area contributed by atoms with Gasteiger partial charge in [0.25, 0.3) is 10.1 Å². The highest BCUT2D eigenvalue weighted by Crippen LogP contribution is 2.25. The van der Waals surface area contributed by atoms with Gasteiger partial charge >= 0.3 is 5.97 Å². The summed E-state index contributed by atoms with van der Waals surface area (Å²) in [4.78, 5) is 11.8. The van der Waals surface area contributed by atoms with Crippen LogP contribution >= 0.6 is 0 Å². The first-order chi connectivity index (χ1) is 11.9. The van der Waals surface area contributed by atoms with Crippen molar-refractivity contribution >= 4 is 16.1 Å². The Bertz CT molecular complexity index is 800. The predicted molar refractivity (Wildman–Crippen MR) is 95.2 cm³/mol. The zero-order valence-corrected chi connectivity index (χ0v) is 14.9. The highest BCUT2D eigenvalue weighted by atomic mass is 32.2. The Morgan fingerprint density at radius 2 is 1.68 bits per heavy atom. The molecule has 0 aliphatic carbocycles. The van der Waals surface area contributed by atoms with E-state index < -0.39 is 21.0 Å². The summed E-state index contributed by atoms with van der Waals surface area (Å²) >= 11 is 0. The van der Waals surface area contributed by atoms with Crippen molar-refractivity contribution < 1.29 is 22.5 Å². The maximum Gasteiger partial charge on any atom is 0.339 e. The van der Waals surface area contributed by atoms with Crippen molar-refractivity contribution in [1.82, 2.24) is 0 Å². The smallest absolute Gasteiger partial charge is 0.339 e. The van der Waals surface area contributed by atoms with E-state index in [9.17, 15) is 17.8 Å². The van der Waals surface area contributed by atoms with Crippen LogP contribution in [0.4, 0.5) is 0 Å². The van der Waals surface area contributed by atoms with Crippen LogP contribution in [-0.4, -0.2) is 25.5 Å². The van der Waals surface area contributed by atoms with Crippen LogP contribution in [0.15, 0.2) is 59.5 Å². The fourth-order valence-corrected chi connectivity index (χ4v) is 3.46. The van der Waals surface area contributed by atoms with E-state index in [2.05, 4.69) is 19.1 Å². The largest absolute Gasteiger partial charge is 0.462 e. The molecule has 0 amide bonds. The first-order valence-corrected chi connectivity index (χ1v) is 9.66. The first-order valence-electron chi connectivity index (χ1n) is 8.22. The lowest BCUT2D eigenvalue weighted by Crippen LogP contribution is -2.13. The van der Waals surface area contributed by atoms with Gasteiger partial charge in [0.15, 0.2) is 0 Å². The van der Waals surface area contributed by atoms with Gasteiger partial charge in [0.2, 0.25) is 0 Å². The molecule has 1 atom stereocenters. The van der Waals surface area contributed by atoms with Crippen LogP contribution in [-0.2, 0) is 14.9 Å². The molecule has 0 spiro atoms. The summed E-state index contributed by atoms with van der Waals surface area (Å²) in [6.07, 6.45) is 2.64. The van der Waals surface area contributed by atoms with Crippen molar-refractivity contribution in [2.45, 2.75) is 37.0 Å². The number of hydrogen-bond acceptors (Lipinski definition) is 4. The molecule has 0 radical (unpaired) electrons. The van der Waals surface area contributed by atoms with Crippen LogP contribution in [0.2, 0.25) is 0 Å². The average Bonchev–Trinajstić information content (AvgIpc) is 2.61. The lowest BCUT2D eigenvalue weighted by atomic mass is 9.92. The Hall–Kier alpha value is -2.18. The summed E-state index contributed by atoms with van der Waals surface area (Å²) in [7, 11) is -4.47. The molecule has 0 aliphatic heterocycles. The number of hydrogen-bond donors (Lipinski definition) is 1. The van der Waals surface area contributed by atoms with Crippen molar-refractivity contribution in [2.75, 3.05) is 6.61 Å². The monoisotopic (exact) mass is 362 g/mol. The van der Waals surface area contributed by atoms with Crippen LogP contribution in [0, 0.1) is 0 Å². The zero-order chi connectivity index (χ0) is 18.3.